The van der Waals surface area contributed by atoms with Gasteiger partial charge in [0.25, 0.3) is 11.6 Å². The van der Waals surface area contributed by atoms with Gasteiger partial charge in [0, 0.05) is 17.8 Å². The van der Waals surface area contributed by atoms with Crippen LogP contribution in [0.5, 0.6) is 11.5 Å². The molecule has 0 aliphatic heterocycles. The summed E-state index contributed by atoms with van der Waals surface area (Å²) in [6, 6.07) is 17.1. The molecule has 0 aliphatic rings. The van der Waals surface area contributed by atoms with Crippen LogP contribution >= 0.6 is 22.6 Å². The van der Waals surface area contributed by atoms with Crippen molar-refractivity contribution in [2.24, 2.45) is 0 Å². The van der Waals surface area contributed by atoms with Crippen LogP contribution in [0.4, 0.5) is 11.4 Å². The van der Waals surface area contributed by atoms with Gasteiger partial charge < -0.3 is 14.8 Å². The number of non-ortho nitro benzene ring substituents is 1. The first-order valence-corrected chi connectivity index (χ1v) is 11.5. The molecular weight excluding hydrogens is 561 g/mol. The molecule has 35 heavy (non-hydrogen) atoms. The van der Waals surface area contributed by atoms with E-state index < -0.39 is 10.8 Å². The second-order valence-corrected chi connectivity index (χ2v) is 8.78. The second-order valence-electron chi connectivity index (χ2n) is 7.62. The van der Waals surface area contributed by atoms with Crippen LogP contribution in [0.2, 0.25) is 0 Å². The van der Waals surface area contributed by atoms with Crippen molar-refractivity contribution in [3.05, 3.63) is 96.1 Å². The Labute approximate surface area is 216 Å². The molecule has 0 atom stereocenters. The van der Waals surface area contributed by atoms with Gasteiger partial charge in [-0.05, 0) is 83.0 Å². The summed E-state index contributed by atoms with van der Waals surface area (Å²) in [7, 11) is 1.48. The Morgan fingerprint density at radius 3 is 2.63 bits per heavy atom. The van der Waals surface area contributed by atoms with Gasteiger partial charge in [0.1, 0.15) is 18.2 Å². The van der Waals surface area contributed by atoms with E-state index in [-0.39, 0.29) is 17.9 Å². The molecule has 0 aromatic heterocycles. The molecule has 3 rings (SSSR count). The van der Waals surface area contributed by atoms with Gasteiger partial charge in [-0.1, -0.05) is 24.3 Å². The lowest BCUT2D eigenvalue weighted by Gasteiger charge is -2.14. The maximum Gasteiger partial charge on any atom is 0.269 e. The lowest BCUT2D eigenvalue weighted by Crippen LogP contribution is -2.14. The van der Waals surface area contributed by atoms with Gasteiger partial charge in [0.15, 0.2) is 11.5 Å². The Bertz CT molecular complexity index is 1360. The molecule has 0 heterocycles. The van der Waals surface area contributed by atoms with Crippen LogP contribution in [0.15, 0.2) is 60.2 Å². The number of benzene rings is 3. The molecule has 178 valence electrons. The van der Waals surface area contributed by atoms with E-state index in [9.17, 15) is 20.2 Å². The van der Waals surface area contributed by atoms with Crippen molar-refractivity contribution in [3.8, 4) is 17.6 Å². The zero-order chi connectivity index (χ0) is 25.5. The van der Waals surface area contributed by atoms with Crippen molar-refractivity contribution in [1.29, 1.82) is 5.26 Å². The number of anilines is 1. The number of carbonyl (C=O) groups is 1. The Balaban J connectivity index is 1.83. The first-order valence-electron chi connectivity index (χ1n) is 10.5. The van der Waals surface area contributed by atoms with Crippen LogP contribution in [0.25, 0.3) is 6.08 Å². The molecule has 0 spiro atoms. The number of hydrogen-bond acceptors (Lipinski definition) is 6. The van der Waals surface area contributed by atoms with E-state index >= 15 is 0 Å². The number of amides is 1. The van der Waals surface area contributed by atoms with E-state index in [0.29, 0.717) is 31.9 Å². The lowest BCUT2D eigenvalue weighted by molar-refractivity contribution is -0.384. The Hall–Kier alpha value is -3.91. The van der Waals surface area contributed by atoms with Crippen LogP contribution in [0, 0.1) is 38.9 Å². The van der Waals surface area contributed by atoms with E-state index in [4.69, 9.17) is 9.47 Å². The highest BCUT2D eigenvalue weighted by Crippen LogP contribution is 2.35. The maximum atomic E-state index is 12.7. The number of rotatable bonds is 8. The highest BCUT2D eigenvalue weighted by Gasteiger charge is 2.15. The van der Waals surface area contributed by atoms with Crippen LogP contribution in [-0.4, -0.2) is 17.9 Å². The Kier molecular flexibility index (Phi) is 8.43. The van der Waals surface area contributed by atoms with Crippen molar-refractivity contribution < 1.29 is 19.2 Å². The number of nitrogens with zero attached hydrogens (tertiary/aromatic N) is 2. The van der Waals surface area contributed by atoms with Gasteiger partial charge >= 0.3 is 0 Å². The second kappa shape index (κ2) is 11.5. The minimum atomic E-state index is -0.513. The minimum Gasteiger partial charge on any atom is -0.493 e. The summed E-state index contributed by atoms with van der Waals surface area (Å²) in [5.41, 5.74) is 3.75. The largest absolute Gasteiger partial charge is 0.493 e. The van der Waals surface area contributed by atoms with Crippen molar-refractivity contribution >= 4 is 45.9 Å². The number of halogens is 1. The maximum absolute atomic E-state index is 12.7. The standard InChI is InChI=1S/C26H22IN3O5/c1-16-6-4-9-23(17(16)2)29-26(31)20(14-28)10-19-12-22(27)25(24(13-19)34-3)35-15-18-7-5-8-21(11-18)30(32)33/h4-13H,15H2,1-3H3,(H,29,31)/b20-10+. The topological polar surface area (TPSA) is 114 Å². The van der Waals surface area contributed by atoms with Crippen molar-refractivity contribution in [3.63, 3.8) is 0 Å². The number of nitrogens with one attached hydrogen (secondary N) is 1. The number of nitro groups is 1. The summed E-state index contributed by atoms with van der Waals surface area (Å²) in [4.78, 5) is 23.3. The molecule has 9 heteroatoms. The van der Waals surface area contributed by atoms with E-state index in [1.807, 2.05) is 32.0 Å². The van der Waals surface area contributed by atoms with Crippen LogP contribution < -0.4 is 14.8 Å². The molecule has 0 unspecified atom stereocenters. The van der Waals surface area contributed by atoms with E-state index in [2.05, 4.69) is 27.9 Å². The summed E-state index contributed by atoms with van der Waals surface area (Å²) in [6.45, 7) is 3.95. The molecule has 0 fully saturated rings. The van der Waals surface area contributed by atoms with Crippen molar-refractivity contribution in [2.75, 3.05) is 12.4 Å². The quantitative estimate of drug-likeness (QED) is 0.115. The van der Waals surface area contributed by atoms with E-state index in [1.165, 1.54) is 25.3 Å². The van der Waals surface area contributed by atoms with Crippen molar-refractivity contribution in [1.82, 2.24) is 0 Å². The van der Waals surface area contributed by atoms with Gasteiger partial charge in [-0.3, -0.25) is 14.9 Å². The number of aryl methyl sites for hydroxylation is 1. The molecule has 3 aromatic rings. The third kappa shape index (κ3) is 6.36. The average molecular weight is 583 g/mol. The predicted octanol–water partition coefficient (Wildman–Crippen LogP) is 5.95. The number of hydrogen-bond donors (Lipinski definition) is 1. The van der Waals surface area contributed by atoms with Crippen molar-refractivity contribution in [2.45, 2.75) is 20.5 Å². The molecule has 1 amide bonds. The van der Waals surface area contributed by atoms with Crippen LogP contribution in [0.1, 0.15) is 22.3 Å². The molecule has 0 aliphatic carbocycles. The van der Waals surface area contributed by atoms with Crippen LogP contribution in [0.3, 0.4) is 0 Å². The summed E-state index contributed by atoms with van der Waals surface area (Å²) in [5, 5.41) is 23.4. The number of ether oxygens (including phenoxy) is 2. The van der Waals surface area contributed by atoms with E-state index in [0.717, 1.165) is 11.1 Å². The fourth-order valence-electron chi connectivity index (χ4n) is 3.27. The molecule has 0 radical (unpaired) electrons. The molecule has 0 saturated heterocycles. The summed E-state index contributed by atoms with van der Waals surface area (Å²) in [5.74, 6) is 0.345. The molecule has 1 N–H and O–H groups in total. The fraction of sp³-hybridized carbons (Fsp3) is 0.154. The third-order valence-electron chi connectivity index (χ3n) is 5.29. The molecular formula is C26H22IN3O5. The smallest absolute Gasteiger partial charge is 0.269 e. The molecule has 0 saturated carbocycles. The minimum absolute atomic E-state index is 0.0172. The first-order chi connectivity index (χ1) is 16.7. The van der Waals surface area contributed by atoms with Crippen LogP contribution in [-0.2, 0) is 11.4 Å². The van der Waals surface area contributed by atoms with Gasteiger partial charge in [-0.2, -0.15) is 5.26 Å². The zero-order valence-electron chi connectivity index (χ0n) is 19.3. The predicted molar refractivity (Wildman–Crippen MR) is 141 cm³/mol. The highest BCUT2D eigenvalue weighted by atomic mass is 127. The van der Waals surface area contributed by atoms with Gasteiger partial charge in [-0.15, -0.1) is 0 Å². The normalized spacial score (nSPS) is 10.9. The van der Waals surface area contributed by atoms with E-state index in [1.54, 1.807) is 30.3 Å². The highest BCUT2D eigenvalue weighted by molar-refractivity contribution is 14.1. The fourth-order valence-corrected chi connectivity index (χ4v) is 4.05. The van der Waals surface area contributed by atoms with Gasteiger partial charge in [-0.25, -0.2) is 0 Å². The lowest BCUT2D eigenvalue weighted by atomic mass is 10.1. The summed E-state index contributed by atoms with van der Waals surface area (Å²) >= 11 is 2.07. The number of carbonyl (C=O) groups excluding carboxylic acids is 1. The number of nitro benzene ring substituents is 1. The molecule has 0 bridgehead atoms. The van der Waals surface area contributed by atoms with Gasteiger partial charge in [0.2, 0.25) is 0 Å². The Morgan fingerprint density at radius 2 is 1.94 bits per heavy atom. The van der Waals surface area contributed by atoms with Gasteiger partial charge in [0.05, 0.1) is 15.6 Å². The molecule has 8 nitrogen and oxygen atoms in total. The SMILES string of the molecule is COc1cc(/C=C(\C#N)C(=O)Nc2cccc(C)c2C)cc(I)c1OCc1cccc([N+](=O)[O-])c1. The third-order valence-corrected chi connectivity index (χ3v) is 6.09. The summed E-state index contributed by atoms with van der Waals surface area (Å²) in [6.07, 6.45) is 1.48. The zero-order valence-corrected chi connectivity index (χ0v) is 21.5. The Morgan fingerprint density at radius 1 is 1.20 bits per heavy atom. The monoisotopic (exact) mass is 583 g/mol. The number of nitriles is 1. The molecule has 3 aromatic carbocycles. The first kappa shape index (κ1) is 25.7. The summed E-state index contributed by atoms with van der Waals surface area (Å²) < 4.78 is 12.0. The average Bonchev–Trinajstić information content (AvgIpc) is 2.84. The number of methoxy groups -OCH3 is 1.